The molecule has 0 amide bonds. The molecule has 0 saturated heterocycles. The lowest BCUT2D eigenvalue weighted by Gasteiger charge is -2.38. The zero-order chi connectivity index (χ0) is 8.32. The Kier molecular flexibility index (Phi) is 4.57. The predicted octanol–water partition coefficient (Wildman–Crippen LogP) is 1.10. The summed E-state index contributed by atoms with van der Waals surface area (Å²) in [7, 11) is 1.44. The Balaban J connectivity index is 0.00000121. The average Bonchev–Trinajstić information content (AvgIpc) is 1.95. The van der Waals surface area contributed by atoms with Crippen LogP contribution >= 0.6 is 12.4 Å². The zero-order valence-electron chi connectivity index (χ0n) is 7.34. The van der Waals surface area contributed by atoms with Crippen LogP contribution < -0.4 is 5.73 Å². The summed E-state index contributed by atoms with van der Waals surface area (Å²) < 4.78 is 4.72. The third-order valence-electron chi connectivity index (χ3n) is 2.55. The van der Waals surface area contributed by atoms with Gasteiger partial charge in [-0.05, 0) is 25.8 Å². The van der Waals surface area contributed by atoms with Crippen LogP contribution in [0.3, 0.4) is 0 Å². The highest BCUT2D eigenvalue weighted by molar-refractivity contribution is 5.85. The van der Waals surface area contributed by atoms with Crippen molar-refractivity contribution in [1.82, 2.24) is 0 Å². The fraction of sp³-hybridized carbons (Fsp3) is 0.875. The quantitative estimate of drug-likeness (QED) is 0.683. The molecule has 0 unspecified atom stereocenters. The van der Waals surface area contributed by atoms with Crippen molar-refractivity contribution in [2.24, 2.45) is 11.1 Å². The molecule has 0 atom stereocenters. The highest BCUT2D eigenvalue weighted by atomic mass is 35.5. The van der Waals surface area contributed by atoms with Crippen LogP contribution in [-0.2, 0) is 9.53 Å². The van der Waals surface area contributed by atoms with Gasteiger partial charge in [0.2, 0.25) is 0 Å². The summed E-state index contributed by atoms with van der Waals surface area (Å²) in [6.07, 6.45) is 3.82. The lowest BCUT2D eigenvalue weighted by molar-refractivity contribution is -0.158. The third kappa shape index (κ3) is 1.90. The molecular weight excluding hydrogens is 178 g/mol. The monoisotopic (exact) mass is 193 g/mol. The second-order valence-electron chi connectivity index (χ2n) is 3.16. The second-order valence-corrected chi connectivity index (χ2v) is 3.16. The van der Waals surface area contributed by atoms with Crippen LogP contribution in [0.5, 0.6) is 0 Å². The number of carbonyl (C=O) groups is 1. The molecule has 0 aliphatic heterocycles. The van der Waals surface area contributed by atoms with E-state index in [1.54, 1.807) is 0 Å². The predicted molar refractivity (Wildman–Crippen MR) is 49.2 cm³/mol. The number of rotatable bonds is 3. The Morgan fingerprint density at radius 1 is 1.58 bits per heavy atom. The first-order chi connectivity index (χ1) is 5.25. The van der Waals surface area contributed by atoms with Gasteiger partial charge in [0.05, 0.1) is 12.5 Å². The molecule has 0 aromatic heterocycles. The van der Waals surface area contributed by atoms with E-state index in [2.05, 4.69) is 0 Å². The molecule has 0 bridgehead atoms. The van der Waals surface area contributed by atoms with E-state index >= 15 is 0 Å². The van der Waals surface area contributed by atoms with Crippen molar-refractivity contribution in [1.29, 1.82) is 0 Å². The largest absolute Gasteiger partial charge is 0.469 e. The summed E-state index contributed by atoms with van der Waals surface area (Å²) in [4.78, 5) is 11.2. The van der Waals surface area contributed by atoms with Gasteiger partial charge in [0, 0.05) is 0 Å². The molecule has 4 heteroatoms. The van der Waals surface area contributed by atoms with Gasteiger partial charge in [-0.3, -0.25) is 4.79 Å². The minimum atomic E-state index is -0.205. The number of carbonyl (C=O) groups excluding carboxylic acids is 1. The lowest BCUT2D eigenvalue weighted by atomic mass is 9.67. The summed E-state index contributed by atoms with van der Waals surface area (Å²) in [5.74, 6) is -0.0748. The van der Waals surface area contributed by atoms with Crippen molar-refractivity contribution in [2.75, 3.05) is 13.7 Å². The summed E-state index contributed by atoms with van der Waals surface area (Å²) in [5.41, 5.74) is 5.20. The molecule has 0 heterocycles. The summed E-state index contributed by atoms with van der Waals surface area (Å²) in [6, 6.07) is 0. The van der Waals surface area contributed by atoms with Crippen LogP contribution in [0.4, 0.5) is 0 Å². The Morgan fingerprint density at radius 3 is 2.42 bits per heavy atom. The number of nitrogens with two attached hydrogens (primary N) is 1. The molecular formula is C8H16ClNO2. The molecule has 1 aliphatic carbocycles. The van der Waals surface area contributed by atoms with Crippen molar-refractivity contribution in [3.05, 3.63) is 0 Å². The Bertz CT molecular complexity index is 157. The molecule has 0 aromatic rings. The zero-order valence-corrected chi connectivity index (χ0v) is 8.15. The maximum absolute atomic E-state index is 11.2. The van der Waals surface area contributed by atoms with E-state index in [-0.39, 0.29) is 23.8 Å². The van der Waals surface area contributed by atoms with E-state index in [1.807, 2.05) is 0 Å². The number of methoxy groups -OCH3 is 1. The van der Waals surface area contributed by atoms with Crippen molar-refractivity contribution in [2.45, 2.75) is 25.7 Å². The molecule has 1 aliphatic rings. The molecule has 0 spiro atoms. The molecule has 3 nitrogen and oxygen atoms in total. The average molecular weight is 194 g/mol. The van der Waals surface area contributed by atoms with E-state index in [0.29, 0.717) is 6.54 Å². The van der Waals surface area contributed by atoms with Crippen molar-refractivity contribution < 1.29 is 9.53 Å². The third-order valence-corrected chi connectivity index (χ3v) is 2.55. The van der Waals surface area contributed by atoms with E-state index in [1.165, 1.54) is 7.11 Å². The SMILES string of the molecule is COC(=O)C1(CCN)CCC1.Cl. The molecule has 72 valence electrons. The number of esters is 1. The fourth-order valence-electron chi connectivity index (χ4n) is 1.65. The van der Waals surface area contributed by atoms with Gasteiger partial charge in [0.1, 0.15) is 0 Å². The van der Waals surface area contributed by atoms with Crippen molar-refractivity contribution in [3.8, 4) is 0 Å². The summed E-state index contributed by atoms with van der Waals surface area (Å²) in [6.45, 7) is 0.578. The Hall–Kier alpha value is -0.280. The number of hydrogen-bond donors (Lipinski definition) is 1. The van der Waals surface area contributed by atoms with Crippen LogP contribution in [-0.4, -0.2) is 19.6 Å². The van der Waals surface area contributed by atoms with Crippen LogP contribution in [0.15, 0.2) is 0 Å². The van der Waals surface area contributed by atoms with Crippen LogP contribution in [0.1, 0.15) is 25.7 Å². The van der Waals surface area contributed by atoms with Gasteiger partial charge in [0.25, 0.3) is 0 Å². The van der Waals surface area contributed by atoms with E-state index in [0.717, 1.165) is 25.7 Å². The Labute approximate surface area is 79.1 Å². The first-order valence-electron chi connectivity index (χ1n) is 4.04. The van der Waals surface area contributed by atoms with Gasteiger partial charge in [0.15, 0.2) is 0 Å². The van der Waals surface area contributed by atoms with Crippen molar-refractivity contribution in [3.63, 3.8) is 0 Å². The summed E-state index contributed by atoms with van der Waals surface area (Å²) in [5, 5.41) is 0. The van der Waals surface area contributed by atoms with E-state index < -0.39 is 0 Å². The normalized spacial score (nSPS) is 18.8. The molecule has 1 rings (SSSR count). The number of ether oxygens (including phenoxy) is 1. The van der Waals surface area contributed by atoms with Gasteiger partial charge >= 0.3 is 5.97 Å². The maximum atomic E-state index is 11.2. The number of hydrogen-bond acceptors (Lipinski definition) is 3. The highest BCUT2D eigenvalue weighted by Gasteiger charge is 2.44. The fourth-order valence-corrected chi connectivity index (χ4v) is 1.65. The highest BCUT2D eigenvalue weighted by Crippen LogP contribution is 2.44. The van der Waals surface area contributed by atoms with Gasteiger partial charge in [-0.25, -0.2) is 0 Å². The second kappa shape index (κ2) is 4.67. The summed E-state index contributed by atoms with van der Waals surface area (Å²) >= 11 is 0. The standard InChI is InChI=1S/C8H15NO2.ClH/c1-11-7(10)8(5-6-9)3-2-4-8;/h2-6,9H2,1H3;1H. The smallest absolute Gasteiger partial charge is 0.311 e. The molecule has 1 fully saturated rings. The van der Waals surface area contributed by atoms with Gasteiger partial charge < -0.3 is 10.5 Å². The van der Waals surface area contributed by atoms with Gasteiger partial charge in [-0.1, -0.05) is 6.42 Å². The van der Waals surface area contributed by atoms with Crippen LogP contribution in [0.25, 0.3) is 0 Å². The molecule has 12 heavy (non-hydrogen) atoms. The lowest BCUT2D eigenvalue weighted by Crippen LogP contribution is -2.40. The topological polar surface area (TPSA) is 52.3 Å². The van der Waals surface area contributed by atoms with Crippen molar-refractivity contribution >= 4 is 18.4 Å². The molecule has 1 saturated carbocycles. The number of halogens is 1. The van der Waals surface area contributed by atoms with Gasteiger partial charge in [-0.2, -0.15) is 0 Å². The van der Waals surface area contributed by atoms with Crippen LogP contribution in [0, 0.1) is 5.41 Å². The first kappa shape index (κ1) is 11.7. The van der Waals surface area contributed by atoms with E-state index in [9.17, 15) is 4.79 Å². The first-order valence-corrected chi connectivity index (χ1v) is 4.04. The minimum Gasteiger partial charge on any atom is -0.469 e. The molecule has 0 aromatic carbocycles. The van der Waals surface area contributed by atoms with E-state index in [4.69, 9.17) is 10.5 Å². The molecule has 0 radical (unpaired) electrons. The maximum Gasteiger partial charge on any atom is 0.311 e. The molecule has 2 N–H and O–H groups in total. The van der Waals surface area contributed by atoms with Crippen LogP contribution in [0.2, 0.25) is 0 Å². The Morgan fingerprint density at radius 2 is 2.17 bits per heavy atom. The minimum absolute atomic E-state index is 0. The van der Waals surface area contributed by atoms with Gasteiger partial charge in [-0.15, -0.1) is 12.4 Å².